The summed E-state index contributed by atoms with van der Waals surface area (Å²) >= 11 is 7.85. The second kappa shape index (κ2) is 6.16. The maximum atomic E-state index is 6.13. The van der Waals surface area contributed by atoms with E-state index in [1.54, 1.807) is 11.3 Å². The van der Waals surface area contributed by atoms with E-state index in [1.165, 1.54) is 4.88 Å². The van der Waals surface area contributed by atoms with Crippen molar-refractivity contribution in [3.05, 3.63) is 38.9 Å². The number of aryl methyl sites for hydroxylation is 1. The summed E-state index contributed by atoms with van der Waals surface area (Å²) in [6.07, 6.45) is 1.87. The van der Waals surface area contributed by atoms with Crippen molar-refractivity contribution in [1.29, 1.82) is 0 Å². The Balaban J connectivity index is 2.15. The molecule has 0 amide bonds. The lowest BCUT2D eigenvalue weighted by atomic mass is 10.3. The van der Waals surface area contributed by atoms with E-state index >= 15 is 0 Å². The first-order chi connectivity index (χ1) is 8.70. The van der Waals surface area contributed by atoms with Crippen LogP contribution in [0.3, 0.4) is 0 Å². The minimum absolute atomic E-state index is 0.544. The van der Waals surface area contributed by atoms with Gasteiger partial charge in [-0.2, -0.15) is 0 Å². The molecule has 3 nitrogen and oxygen atoms in total. The van der Waals surface area contributed by atoms with Crippen LogP contribution in [0.2, 0.25) is 5.15 Å². The van der Waals surface area contributed by atoms with Crippen molar-refractivity contribution in [2.24, 2.45) is 0 Å². The zero-order chi connectivity index (χ0) is 13.0. The number of halogens is 1. The summed E-state index contributed by atoms with van der Waals surface area (Å²) in [5.41, 5.74) is 0.910. The molecule has 0 fully saturated rings. The molecule has 0 aliphatic carbocycles. The van der Waals surface area contributed by atoms with Crippen LogP contribution in [0.1, 0.15) is 29.6 Å². The Morgan fingerprint density at radius 1 is 1.39 bits per heavy atom. The van der Waals surface area contributed by atoms with Crippen molar-refractivity contribution < 1.29 is 0 Å². The molecule has 0 bridgehead atoms. The van der Waals surface area contributed by atoms with Crippen LogP contribution < -0.4 is 5.32 Å². The maximum absolute atomic E-state index is 6.13. The lowest BCUT2D eigenvalue weighted by Crippen LogP contribution is -2.06. The van der Waals surface area contributed by atoms with E-state index in [4.69, 9.17) is 11.6 Å². The molecular weight excluding hydrogens is 266 g/mol. The Kier molecular flexibility index (Phi) is 4.55. The van der Waals surface area contributed by atoms with E-state index in [9.17, 15) is 0 Å². The van der Waals surface area contributed by atoms with Gasteiger partial charge >= 0.3 is 0 Å². The van der Waals surface area contributed by atoms with Gasteiger partial charge in [0.05, 0.1) is 6.54 Å². The molecule has 0 saturated carbocycles. The topological polar surface area (TPSA) is 37.8 Å². The molecule has 96 valence electrons. The van der Waals surface area contributed by atoms with Gasteiger partial charge in [0, 0.05) is 16.9 Å². The normalized spacial score (nSPS) is 10.6. The monoisotopic (exact) mass is 281 g/mol. The highest BCUT2D eigenvalue weighted by molar-refractivity contribution is 7.09. The van der Waals surface area contributed by atoms with Crippen LogP contribution in [0.5, 0.6) is 0 Å². The van der Waals surface area contributed by atoms with E-state index < -0.39 is 0 Å². The highest BCUT2D eigenvalue weighted by atomic mass is 35.5. The SMILES string of the molecule is CCCc1nc(Cl)c(C)c(NCc2cccs2)n1. The number of thiophene rings is 1. The number of aromatic nitrogens is 2. The predicted molar refractivity (Wildman–Crippen MR) is 77.4 cm³/mol. The smallest absolute Gasteiger partial charge is 0.137 e. The zero-order valence-corrected chi connectivity index (χ0v) is 12.1. The molecule has 2 rings (SSSR count). The van der Waals surface area contributed by atoms with Gasteiger partial charge in [-0.3, -0.25) is 0 Å². The van der Waals surface area contributed by atoms with Crippen molar-refractivity contribution >= 4 is 28.8 Å². The average molecular weight is 282 g/mol. The van der Waals surface area contributed by atoms with E-state index in [-0.39, 0.29) is 0 Å². The van der Waals surface area contributed by atoms with Gasteiger partial charge in [-0.25, -0.2) is 9.97 Å². The second-order valence-corrected chi connectivity index (χ2v) is 5.48. The third kappa shape index (κ3) is 3.21. The summed E-state index contributed by atoms with van der Waals surface area (Å²) in [5.74, 6) is 1.65. The maximum Gasteiger partial charge on any atom is 0.137 e. The minimum Gasteiger partial charge on any atom is -0.365 e. The number of hydrogen-bond donors (Lipinski definition) is 1. The highest BCUT2D eigenvalue weighted by Gasteiger charge is 2.08. The van der Waals surface area contributed by atoms with E-state index in [0.717, 1.165) is 36.6 Å². The lowest BCUT2D eigenvalue weighted by Gasteiger charge is -2.10. The summed E-state index contributed by atoms with van der Waals surface area (Å²) in [4.78, 5) is 10.1. The third-order valence-corrected chi connectivity index (χ3v) is 3.86. The summed E-state index contributed by atoms with van der Waals surface area (Å²) < 4.78 is 0. The molecule has 0 unspecified atom stereocenters. The Morgan fingerprint density at radius 3 is 2.89 bits per heavy atom. The largest absolute Gasteiger partial charge is 0.365 e. The van der Waals surface area contributed by atoms with Gasteiger partial charge in [0.25, 0.3) is 0 Å². The number of nitrogens with one attached hydrogen (secondary N) is 1. The van der Waals surface area contributed by atoms with Crippen LogP contribution in [-0.2, 0) is 13.0 Å². The average Bonchev–Trinajstić information content (AvgIpc) is 2.85. The van der Waals surface area contributed by atoms with Crippen LogP contribution in [0.4, 0.5) is 5.82 Å². The predicted octanol–water partition coefficient (Wildman–Crippen LogP) is 4.06. The molecule has 2 aromatic heterocycles. The van der Waals surface area contributed by atoms with Gasteiger partial charge < -0.3 is 5.32 Å². The van der Waals surface area contributed by atoms with Crippen LogP contribution in [-0.4, -0.2) is 9.97 Å². The Bertz CT molecular complexity index is 511. The number of rotatable bonds is 5. The van der Waals surface area contributed by atoms with Crippen LogP contribution in [0, 0.1) is 6.92 Å². The van der Waals surface area contributed by atoms with Gasteiger partial charge in [0.1, 0.15) is 16.8 Å². The minimum atomic E-state index is 0.544. The molecule has 0 aliphatic rings. The summed E-state index contributed by atoms with van der Waals surface area (Å²) in [6, 6.07) is 4.15. The van der Waals surface area contributed by atoms with E-state index in [1.807, 2.05) is 13.0 Å². The van der Waals surface area contributed by atoms with E-state index in [2.05, 4.69) is 33.7 Å². The first-order valence-corrected chi connectivity index (χ1v) is 7.25. The zero-order valence-electron chi connectivity index (χ0n) is 10.5. The quantitative estimate of drug-likeness (QED) is 0.840. The second-order valence-electron chi connectivity index (χ2n) is 4.09. The van der Waals surface area contributed by atoms with Crippen LogP contribution >= 0.6 is 22.9 Å². The van der Waals surface area contributed by atoms with Gasteiger partial charge in [-0.05, 0) is 24.8 Å². The molecule has 0 spiro atoms. The molecular formula is C13H16ClN3S. The fourth-order valence-corrected chi connectivity index (χ4v) is 2.46. The van der Waals surface area contributed by atoms with Gasteiger partial charge in [-0.15, -0.1) is 11.3 Å². The molecule has 0 radical (unpaired) electrons. The lowest BCUT2D eigenvalue weighted by molar-refractivity contribution is 0.830. The molecule has 18 heavy (non-hydrogen) atoms. The first kappa shape index (κ1) is 13.3. The van der Waals surface area contributed by atoms with Crippen molar-refractivity contribution in [2.75, 3.05) is 5.32 Å². The van der Waals surface area contributed by atoms with Crippen molar-refractivity contribution in [2.45, 2.75) is 33.2 Å². The number of hydrogen-bond acceptors (Lipinski definition) is 4. The van der Waals surface area contributed by atoms with Crippen molar-refractivity contribution in [3.63, 3.8) is 0 Å². The van der Waals surface area contributed by atoms with Crippen LogP contribution in [0.15, 0.2) is 17.5 Å². The van der Waals surface area contributed by atoms with Crippen molar-refractivity contribution in [3.8, 4) is 0 Å². The number of anilines is 1. The summed E-state index contributed by atoms with van der Waals surface area (Å²) in [6.45, 7) is 4.82. The summed E-state index contributed by atoms with van der Waals surface area (Å²) in [5, 5.41) is 5.94. The third-order valence-electron chi connectivity index (χ3n) is 2.62. The molecule has 0 atom stereocenters. The Hall–Kier alpha value is -1.13. The molecule has 0 aliphatic heterocycles. The molecule has 2 heterocycles. The van der Waals surface area contributed by atoms with Gasteiger partial charge in [0.15, 0.2) is 0 Å². The Morgan fingerprint density at radius 2 is 2.22 bits per heavy atom. The van der Waals surface area contributed by atoms with Gasteiger partial charge in [0.2, 0.25) is 0 Å². The molecule has 5 heteroatoms. The fourth-order valence-electron chi connectivity index (χ4n) is 1.62. The molecule has 2 aromatic rings. The first-order valence-electron chi connectivity index (χ1n) is 6.00. The molecule has 1 N–H and O–H groups in total. The van der Waals surface area contributed by atoms with Gasteiger partial charge in [-0.1, -0.05) is 24.6 Å². The molecule has 0 aromatic carbocycles. The number of nitrogens with zero attached hydrogens (tertiary/aromatic N) is 2. The van der Waals surface area contributed by atoms with E-state index in [0.29, 0.717) is 5.15 Å². The standard InChI is InChI=1S/C13H16ClN3S/c1-3-5-11-16-12(14)9(2)13(17-11)15-8-10-6-4-7-18-10/h4,6-7H,3,5,8H2,1-2H3,(H,15,16,17). The van der Waals surface area contributed by atoms with Crippen molar-refractivity contribution in [1.82, 2.24) is 9.97 Å². The highest BCUT2D eigenvalue weighted by Crippen LogP contribution is 2.21. The fraction of sp³-hybridized carbons (Fsp3) is 0.385. The summed E-state index contributed by atoms with van der Waals surface area (Å²) in [7, 11) is 0. The molecule has 0 saturated heterocycles. The van der Waals surface area contributed by atoms with Crippen LogP contribution in [0.25, 0.3) is 0 Å². The Labute approximate surface area is 116 Å².